The Hall–Kier alpha value is -2.29. The molecule has 1 amide bonds. The number of para-hydroxylation sites is 1. The number of ether oxygens (including phenoxy) is 1. The fourth-order valence-electron chi connectivity index (χ4n) is 2.50. The number of carbonyl (C=O) groups is 1. The van der Waals surface area contributed by atoms with Crippen LogP contribution in [0.5, 0.6) is 5.75 Å². The lowest BCUT2D eigenvalue weighted by atomic mass is 10.00. The summed E-state index contributed by atoms with van der Waals surface area (Å²) in [5, 5.41) is 3.03. The summed E-state index contributed by atoms with van der Waals surface area (Å²) in [6.07, 6.45) is 0. The van der Waals surface area contributed by atoms with Gasteiger partial charge in [0.1, 0.15) is 5.75 Å². The van der Waals surface area contributed by atoms with Crippen LogP contribution in [0.1, 0.15) is 40.0 Å². The van der Waals surface area contributed by atoms with Gasteiger partial charge >= 0.3 is 0 Å². The van der Waals surface area contributed by atoms with Crippen LogP contribution < -0.4 is 10.1 Å². The number of hydrogen-bond acceptors (Lipinski definition) is 2. The van der Waals surface area contributed by atoms with Crippen molar-refractivity contribution in [1.82, 2.24) is 5.32 Å². The molecule has 2 rings (SSSR count). The molecule has 0 radical (unpaired) electrons. The van der Waals surface area contributed by atoms with Crippen molar-refractivity contribution in [3.63, 3.8) is 0 Å². The Balaban J connectivity index is 2.19. The molecule has 0 fully saturated rings. The summed E-state index contributed by atoms with van der Waals surface area (Å²) < 4.78 is 5.23. The molecular formula is C18H21NO2. The maximum Gasteiger partial charge on any atom is 0.255 e. The van der Waals surface area contributed by atoms with Gasteiger partial charge in [-0.2, -0.15) is 0 Å². The number of rotatable bonds is 4. The molecule has 0 heterocycles. The van der Waals surface area contributed by atoms with Crippen LogP contribution in [-0.4, -0.2) is 13.0 Å². The summed E-state index contributed by atoms with van der Waals surface area (Å²) in [7, 11) is 1.57. The van der Waals surface area contributed by atoms with Crippen LogP contribution in [0.2, 0.25) is 0 Å². The summed E-state index contributed by atoms with van der Waals surface area (Å²) >= 11 is 0. The van der Waals surface area contributed by atoms with Gasteiger partial charge in [0.25, 0.3) is 5.91 Å². The Kier molecular flexibility index (Phi) is 4.63. The molecule has 0 aliphatic rings. The van der Waals surface area contributed by atoms with Crippen molar-refractivity contribution in [1.29, 1.82) is 0 Å². The zero-order valence-electron chi connectivity index (χ0n) is 12.9. The van der Waals surface area contributed by atoms with Crippen molar-refractivity contribution >= 4 is 5.91 Å². The first-order valence-electron chi connectivity index (χ1n) is 7.04. The third kappa shape index (κ3) is 3.43. The summed E-state index contributed by atoms with van der Waals surface area (Å²) in [6.45, 7) is 6.12. The van der Waals surface area contributed by atoms with Crippen molar-refractivity contribution in [3.05, 3.63) is 64.7 Å². The van der Waals surface area contributed by atoms with Gasteiger partial charge in [-0.15, -0.1) is 0 Å². The van der Waals surface area contributed by atoms with Crippen LogP contribution in [0.25, 0.3) is 0 Å². The van der Waals surface area contributed by atoms with Gasteiger partial charge in [0.2, 0.25) is 0 Å². The van der Waals surface area contributed by atoms with E-state index in [0.717, 1.165) is 5.56 Å². The highest BCUT2D eigenvalue weighted by atomic mass is 16.5. The molecule has 2 aromatic rings. The second-order valence-corrected chi connectivity index (χ2v) is 5.26. The minimum absolute atomic E-state index is 0.0528. The number of carbonyl (C=O) groups excluding carboxylic acids is 1. The summed E-state index contributed by atoms with van der Waals surface area (Å²) in [6, 6.07) is 13.4. The van der Waals surface area contributed by atoms with Gasteiger partial charge in [0.05, 0.1) is 18.7 Å². The van der Waals surface area contributed by atoms with Crippen molar-refractivity contribution < 1.29 is 9.53 Å². The van der Waals surface area contributed by atoms with Gasteiger partial charge in [0.15, 0.2) is 0 Å². The van der Waals surface area contributed by atoms with E-state index in [1.807, 2.05) is 19.1 Å². The molecular weight excluding hydrogens is 262 g/mol. The first-order chi connectivity index (χ1) is 10.0. The van der Waals surface area contributed by atoms with Crippen LogP contribution in [0.15, 0.2) is 42.5 Å². The number of methoxy groups -OCH3 is 1. The topological polar surface area (TPSA) is 38.3 Å². The standard InChI is InChI=1S/C18H21NO2/c1-12-9-10-15(13(2)11-12)14(3)19-18(20)16-7-5-6-8-17(16)21-4/h5-11,14H,1-4H3,(H,19,20)/t14-/m0/s1. The van der Waals surface area contributed by atoms with E-state index in [-0.39, 0.29) is 11.9 Å². The van der Waals surface area contributed by atoms with Gasteiger partial charge in [-0.1, -0.05) is 35.9 Å². The first kappa shape index (κ1) is 15.1. The average Bonchev–Trinajstić information content (AvgIpc) is 2.46. The molecule has 0 saturated heterocycles. The van der Waals surface area contributed by atoms with Gasteiger partial charge in [-0.3, -0.25) is 4.79 Å². The summed E-state index contributed by atoms with van der Waals surface area (Å²) in [5.74, 6) is 0.461. The first-order valence-corrected chi connectivity index (χ1v) is 7.04. The van der Waals surface area contributed by atoms with Crippen molar-refractivity contribution in [2.75, 3.05) is 7.11 Å². The second-order valence-electron chi connectivity index (χ2n) is 5.26. The van der Waals surface area contributed by atoms with Crippen molar-refractivity contribution in [2.24, 2.45) is 0 Å². The van der Waals surface area contributed by atoms with Crippen LogP contribution in [0.3, 0.4) is 0 Å². The zero-order valence-corrected chi connectivity index (χ0v) is 12.9. The van der Waals surface area contributed by atoms with Crippen LogP contribution in [0, 0.1) is 13.8 Å². The Morgan fingerprint density at radius 2 is 1.86 bits per heavy atom. The van der Waals surface area contributed by atoms with E-state index >= 15 is 0 Å². The second kappa shape index (κ2) is 6.44. The molecule has 0 aliphatic carbocycles. The molecule has 1 atom stereocenters. The van der Waals surface area contributed by atoms with E-state index in [2.05, 4.69) is 37.4 Å². The third-order valence-electron chi connectivity index (χ3n) is 3.59. The molecule has 0 unspecified atom stereocenters. The van der Waals surface area contributed by atoms with Crippen LogP contribution >= 0.6 is 0 Å². The minimum atomic E-state index is -0.125. The predicted octanol–water partition coefficient (Wildman–Crippen LogP) is 3.80. The Morgan fingerprint density at radius 3 is 2.52 bits per heavy atom. The average molecular weight is 283 g/mol. The van der Waals surface area contributed by atoms with Crippen molar-refractivity contribution in [3.8, 4) is 5.75 Å². The molecule has 21 heavy (non-hydrogen) atoms. The lowest BCUT2D eigenvalue weighted by Crippen LogP contribution is -2.27. The van der Waals surface area contributed by atoms with Crippen LogP contribution in [0.4, 0.5) is 0 Å². The van der Waals surface area contributed by atoms with E-state index in [1.165, 1.54) is 11.1 Å². The monoisotopic (exact) mass is 283 g/mol. The van der Waals surface area contributed by atoms with Crippen molar-refractivity contribution in [2.45, 2.75) is 26.8 Å². The lowest BCUT2D eigenvalue weighted by molar-refractivity contribution is 0.0937. The Bertz CT molecular complexity index is 649. The smallest absolute Gasteiger partial charge is 0.255 e. The number of benzene rings is 2. The fourth-order valence-corrected chi connectivity index (χ4v) is 2.50. The summed E-state index contributed by atoms with van der Waals surface area (Å²) in [4.78, 5) is 12.4. The zero-order chi connectivity index (χ0) is 15.4. The molecule has 3 heteroatoms. The third-order valence-corrected chi connectivity index (χ3v) is 3.59. The predicted molar refractivity (Wildman–Crippen MR) is 84.8 cm³/mol. The Morgan fingerprint density at radius 1 is 1.14 bits per heavy atom. The molecule has 110 valence electrons. The molecule has 0 saturated carbocycles. The van der Waals surface area contributed by atoms with Gasteiger partial charge in [-0.25, -0.2) is 0 Å². The van der Waals surface area contributed by atoms with E-state index in [1.54, 1.807) is 19.2 Å². The highest BCUT2D eigenvalue weighted by molar-refractivity contribution is 5.97. The fraction of sp³-hybridized carbons (Fsp3) is 0.278. The largest absolute Gasteiger partial charge is 0.496 e. The highest BCUT2D eigenvalue weighted by Crippen LogP contribution is 2.21. The highest BCUT2D eigenvalue weighted by Gasteiger charge is 2.16. The minimum Gasteiger partial charge on any atom is -0.496 e. The van der Waals surface area contributed by atoms with E-state index in [4.69, 9.17) is 4.74 Å². The molecule has 2 aromatic carbocycles. The number of aryl methyl sites for hydroxylation is 2. The normalized spacial score (nSPS) is 11.8. The maximum atomic E-state index is 12.4. The SMILES string of the molecule is COc1ccccc1C(=O)N[C@@H](C)c1ccc(C)cc1C. The molecule has 0 aromatic heterocycles. The van der Waals surface area contributed by atoms with Gasteiger partial charge < -0.3 is 10.1 Å². The lowest BCUT2D eigenvalue weighted by Gasteiger charge is -2.18. The number of nitrogens with one attached hydrogen (secondary N) is 1. The number of amides is 1. The quantitative estimate of drug-likeness (QED) is 0.926. The van der Waals surface area contributed by atoms with E-state index in [9.17, 15) is 4.79 Å². The molecule has 0 aliphatic heterocycles. The maximum absolute atomic E-state index is 12.4. The summed E-state index contributed by atoms with van der Waals surface area (Å²) in [5.41, 5.74) is 4.09. The molecule has 1 N–H and O–H groups in total. The van der Waals surface area contributed by atoms with E-state index < -0.39 is 0 Å². The molecule has 3 nitrogen and oxygen atoms in total. The number of hydrogen-bond donors (Lipinski definition) is 1. The van der Waals surface area contributed by atoms with E-state index in [0.29, 0.717) is 11.3 Å². The Labute approximate surface area is 126 Å². The van der Waals surface area contributed by atoms with Gasteiger partial charge in [0, 0.05) is 0 Å². The molecule has 0 bridgehead atoms. The molecule has 0 spiro atoms. The van der Waals surface area contributed by atoms with Crippen LogP contribution in [-0.2, 0) is 0 Å². The van der Waals surface area contributed by atoms with Gasteiger partial charge in [-0.05, 0) is 44.0 Å².